The lowest BCUT2D eigenvalue weighted by Gasteiger charge is -2.14. The summed E-state index contributed by atoms with van der Waals surface area (Å²) in [6, 6.07) is 3.12. The van der Waals surface area contributed by atoms with E-state index < -0.39 is 0 Å². The predicted molar refractivity (Wildman–Crippen MR) is 54.7 cm³/mol. The average Bonchev–Trinajstić information content (AvgIpc) is 2.06. The normalized spacial score (nSPS) is 9.58. The first-order chi connectivity index (χ1) is 5.85. The van der Waals surface area contributed by atoms with Crippen LogP contribution >= 0.6 is 0 Å². The van der Waals surface area contributed by atoms with E-state index >= 15 is 0 Å². The highest BCUT2D eigenvalue weighted by atomic mass is 15.1. The molecule has 0 aromatic rings. The van der Waals surface area contributed by atoms with Crippen molar-refractivity contribution in [2.24, 2.45) is 0 Å². The van der Waals surface area contributed by atoms with E-state index in [4.69, 9.17) is 0 Å². The molecule has 0 N–H and O–H groups in total. The van der Waals surface area contributed by atoms with Crippen molar-refractivity contribution < 1.29 is 0 Å². The van der Waals surface area contributed by atoms with Crippen LogP contribution in [0.5, 0.6) is 0 Å². The van der Waals surface area contributed by atoms with Crippen LogP contribution in [-0.4, -0.2) is 18.0 Å². The van der Waals surface area contributed by atoms with Gasteiger partial charge in [0.2, 0.25) is 0 Å². The Hall–Kier alpha value is -0.900. The summed E-state index contributed by atoms with van der Waals surface area (Å²) in [5, 5.41) is 0. The molecule has 1 heteroatoms. The van der Waals surface area contributed by atoms with Gasteiger partial charge in [-0.1, -0.05) is 25.8 Å². The maximum absolute atomic E-state index is 3.12. The molecule has 68 valence electrons. The van der Waals surface area contributed by atoms with Gasteiger partial charge in [0, 0.05) is 19.1 Å². The minimum Gasteiger partial charge on any atom is -0.332 e. The molecule has 0 spiro atoms. The lowest BCUT2D eigenvalue weighted by atomic mass is 10.4. The Morgan fingerprint density at radius 2 is 1.75 bits per heavy atom. The molecule has 0 amide bonds. The van der Waals surface area contributed by atoms with Gasteiger partial charge in [0.25, 0.3) is 0 Å². The smallest absolute Gasteiger partial charge is 0.0257 e. The predicted octanol–water partition coefficient (Wildman–Crippen LogP) is 2.65. The van der Waals surface area contributed by atoms with Gasteiger partial charge in [-0.25, -0.2) is 0 Å². The Morgan fingerprint density at radius 3 is 2.17 bits per heavy atom. The SMILES string of the molecule is C/C=C\C#CN(CCC)CCC. The molecule has 0 aromatic carbocycles. The molecule has 0 saturated carbocycles. The number of nitrogens with zero attached hydrogens (tertiary/aromatic N) is 1. The van der Waals surface area contributed by atoms with Gasteiger partial charge in [-0.3, -0.25) is 0 Å². The van der Waals surface area contributed by atoms with Crippen LogP contribution in [0.15, 0.2) is 12.2 Å². The topological polar surface area (TPSA) is 3.24 Å². The molecule has 0 heterocycles. The largest absolute Gasteiger partial charge is 0.332 e. The monoisotopic (exact) mass is 165 g/mol. The van der Waals surface area contributed by atoms with Crippen molar-refractivity contribution in [1.82, 2.24) is 4.90 Å². The van der Waals surface area contributed by atoms with Crippen LogP contribution in [0.1, 0.15) is 33.6 Å². The summed E-state index contributed by atoms with van der Waals surface area (Å²) < 4.78 is 0. The van der Waals surface area contributed by atoms with E-state index in [1.807, 2.05) is 19.1 Å². The van der Waals surface area contributed by atoms with Crippen LogP contribution < -0.4 is 0 Å². The summed E-state index contributed by atoms with van der Waals surface area (Å²) in [5.41, 5.74) is 0. The number of rotatable bonds is 4. The third kappa shape index (κ3) is 5.85. The molecule has 0 aliphatic carbocycles. The molecule has 0 atom stereocenters. The van der Waals surface area contributed by atoms with Crippen molar-refractivity contribution in [2.75, 3.05) is 13.1 Å². The van der Waals surface area contributed by atoms with E-state index in [1.165, 1.54) is 12.8 Å². The zero-order chi connectivity index (χ0) is 9.23. The van der Waals surface area contributed by atoms with Crippen molar-refractivity contribution in [3.05, 3.63) is 12.2 Å². The minimum absolute atomic E-state index is 1.08. The Balaban J connectivity index is 3.86. The maximum atomic E-state index is 3.12. The lowest BCUT2D eigenvalue weighted by molar-refractivity contribution is 0.397. The summed E-state index contributed by atoms with van der Waals surface area (Å²) in [5.74, 6) is 3.00. The first-order valence-corrected chi connectivity index (χ1v) is 4.72. The Bertz CT molecular complexity index is 165. The molecule has 0 unspecified atom stereocenters. The molecular weight excluding hydrogens is 146 g/mol. The molecule has 0 bridgehead atoms. The Kier molecular flexibility index (Phi) is 7.58. The molecule has 0 rings (SSSR count). The number of allylic oxidation sites excluding steroid dienone is 2. The standard InChI is InChI=1S/C11H19N/c1-4-7-8-11-12(9-5-2)10-6-3/h4,7H,5-6,9-10H2,1-3H3/b7-4-. The highest BCUT2D eigenvalue weighted by Crippen LogP contribution is 1.90. The van der Waals surface area contributed by atoms with Gasteiger partial charge in [0.05, 0.1) is 0 Å². The van der Waals surface area contributed by atoms with E-state index in [1.54, 1.807) is 0 Å². The highest BCUT2D eigenvalue weighted by Gasteiger charge is 1.93. The van der Waals surface area contributed by atoms with E-state index in [0.29, 0.717) is 0 Å². The molecule has 0 fully saturated rings. The number of hydrogen-bond donors (Lipinski definition) is 0. The third-order valence-electron chi connectivity index (χ3n) is 1.46. The zero-order valence-electron chi connectivity index (χ0n) is 8.43. The molecule has 0 aliphatic heterocycles. The molecule has 1 nitrogen and oxygen atoms in total. The second-order valence-electron chi connectivity index (χ2n) is 2.74. The van der Waals surface area contributed by atoms with Gasteiger partial charge in [-0.15, -0.1) is 0 Å². The summed E-state index contributed by atoms with van der Waals surface area (Å²) >= 11 is 0. The zero-order valence-corrected chi connectivity index (χ0v) is 8.43. The van der Waals surface area contributed by atoms with Crippen LogP contribution in [0, 0.1) is 12.0 Å². The summed E-state index contributed by atoms with van der Waals surface area (Å²) in [7, 11) is 0. The first kappa shape index (κ1) is 11.1. The van der Waals surface area contributed by atoms with Gasteiger partial charge in [0.15, 0.2) is 0 Å². The maximum Gasteiger partial charge on any atom is 0.0257 e. The highest BCUT2D eigenvalue weighted by molar-refractivity contribution is 5.13. The minimum atomic E-state index is 1.08. The van der Waals surface area contributed by atoms with Gasteiger partial charge in [0.1, 0.15) is 0 Å². The second-order valence-corrected chi connectivity index (χ2v) is 2.74. The van der Waals surface area contributed by atoms with Crippen LogP contribution in [0.25, 0.3) is 0 Å². The fourth-order valence-corrected chi connectivity index (χ4v) is 0.975. The average molecular weight is 165 g/mol. The van der Waals surface area contributed by atoms with Crippen molar-refractivity contribution >= 4 is 0 Å². The quantitative estimate of drug-likeness (QED) is 0.457. The number of hydrogen-bond acceptors (Lipinski definition) is 1. The van der Waals surface area contributed by atoms with Crippen LogP contribution in [-0.2, 0) is 0 Å². The van der Waals surface area contributed by atoms with E-state index in [0.717, 1.165) is 13.1 Å². The van der Waals surface area contributed by atoms with Crippen molar-refractivity contribution in [3.63, 3.8) is 0 Å². The molecule has 0 aromatic heterocycles. The van der Waals surface area contributed by atoms with Gasteiger partial charge < -0.3 is 4.90 Å². The third-order valence-corrected chi connectivity index (χ3v) is 1.46. The molecule has 0 radical (unpaired) electrons. The Morgan fingerprint density at radius 1 is 1.17 bits per heavy atom. The first-order valence-electron chi connectivity index (χ1n) is 4.72. The van der Waals surface area contributed by atoms with Crippen LogP contribution in [0.3, 0.4) is 0 Å². The van der Waals surface area contributed by atoms with Crippen LogP contribution in [0.2, 0.25) is 0 Å². The molecule has 0 aliphatic rings. The summed E-state index contributed by atoms with van der Waals surface area (Å²) in [6.07, 6.45) is 6.19. The lowest BCUT2D eigenvalue weighted by Crippen LogP contribution is -2.19. The van der Waals surface area contributed by atoms with Crippen molar-refractivity contribution in [3.8, 4) is 12.0 Å². The van der Waals surface area contributed by atoms with E-state index in [-0.39, 0.29) is 0 Å². The second kappa shape index (κ2) is 8.20. The fraction of sp³-hybridized carbons (Fsp3) is 0.636. The fourth-order valence-electron chi connectivity index (χ4n) is 0.975. The van der Waals surface area contributed by atoms with Crippen molar-refractivity contribution in [1.29, 1.82) is 0 Å². The Labute approximate surface area is 76.5 Å². The summed E-state index contributed by atoms with van der Waals surface area (Å²) in [4.78, 5) is 2.18. The van der Waals surface area contributed by atoms with Gasteiger partial charge >= 0.3 is 0 Å². The molecule has 12 heavy (non-hydrogen) atoms. The summed E-state index contributed by atoms with van der Waals surface area (Å²) in [6.45, 7) is 8.51. The van der Waals surface area contributed by atoms with Crippen molar-refractivity contribution in [2.45, 2.75) is 33.6 Å². The molecule has 0 saturated heterocycles. The van der Waals surface area contributed by atoms with Crippen LogP contribution in [0.4, 0.5) is 0 Å². The molecular formula is C11H19N. The van der Waals surface area contributed by atoms with E-state index in [9.17, 15) is 0 Å². The van der Waals surface area contributed by atoms with Gasteiger partial charge in [-0.2, -0.15) is 0 Å². The van der Waals surface area contributed by atoms with E-state index in [2.05, 4.69) is 30.7 Å². The van der Waals surface area contributed by atoms with Gasteiger partial charge in [-0.05, 0) is 25.8 Å².